The molecular formula is C12H14N6. The van der Waals surface area contributed by atoms with Crippen LogP contribution < -0.4 is 5.73 Å². The second-order valence-electron chi connectivity index (χ2n) is 4.06. The van der Waals surface area contributed by atoms with Crippen molar-refractivity contribution < 1.29 is 0 Å². The smallest absolute Gasteiger partial charge is 0.130 e. The molecule has 0 aliphatic carbocycles. The standard InChI is InChI=1S/C12H14N6/c1-2-17-5-4-15-12(17)11(13)9-7-16-18-6-3-14-8-10(9)18/h3-8,11H,2,13H2,1H3. The lowest BCUT2D eigenvalue weighted by Crippen LogP contribution is -2.17. The van der Waals surface area contributed by atoms with Crippen LogP contribution in [-0.2, 0) is 6.54 Å². The number of rotatable bonds is 3. The van der Waals surface area contributed by atoms with Crippen molar-refractivity contribution in [3.63, 3.8) is 0 Å². The molecule has 0 fully saturated rings. The summed E-state index contributed by atoms with van der Waals surface area (Å²) in [6.45, 7) is 2.91. The number of hydrogen-bond acceptors (Lipinski definition) is 4. The summed E-state index contributed by atoms with van der Waals surface area (Å²) in [4.78, 5) is 8.44. The first-order chi connectivity index (χ1) is 8.81. The predicted octanol–water partition coefficient (Wildman–Crippen LogP) is 0.994. The van der Waals surface area contributed by atoms with Gasteiger partial charge in [0.15, 0.2) is 0 Å². The molecule has 0 bridgehead atoms. The monoisotopic (exact) mass is 242 g/mol. The maximum Gasteiger partial charge on any atom is 0.130 e. The van der Waals surface area contributed by atoms with E-state index in [1.54, 1.807) is 35.5 Å². The molecular weight excluding hydrogens is 228 g/mol. The van der Waals surface area contributed by atoms with Crippen LogP contribution in [0.5, 0.6) is 0 Å². The fraction of sp³-hybridized carbons (Fsp3) is 0.250. The molecule has 6 heteroatoms. The number of hydrogen-bond donors (Lipinski definition) is 1. The van der Waals surface area contributed by atoms with Crippen molar-refractivity contribution in [2.45, 2.75) is 19.5 Å². The van der Waals surface area contributed by atoms with E-state index in [1.807, 2.05) is 10.8 Å². The molecule has 0 radical (unpaired) electrons. The fourth-order valence-corrected chi connectivity index (χ4v) is 2.10. The molecule has 3 aromatic heterocycles. The van der Waals surface area contributed by atoms with Gasteiger partial charge in [-0.1, -0.05) is 0 Å². The first-order valence-electron chi connectivity index (χ1n) is 5.85. The van der Waals surface area contributed by atoms with Crippen molar-refractivity contribution >= 4 is 5.52 Å². The third-order valence-corrected chi connectivity index (χ3v) is 3.06. The van der Waals surface area contributed by atoms with Gasteiger partial charge in [0.2, 0.25) is 0 Å². The van der Waals surface area contributed by atoms with E-state index in [2.05, 4.69) is 22.0 Å². The molecule has 3 rings (SSSR count). The van der Waals surface area contributed by atoms with Crippen molar-refractivity contribution in [2.75, 3.05) is 0 Å². The summed E-state index contributed by atoms with van der Waals surface area (Å²) in [5.41, 5.74) is 8.13. The zero-order valence-electron chi connectivity index (χ0n) is 10.1. The predicted molar refractivity (Wildman–Crippen MR) is 66.9 cm³/mol. The zero-order chi connectivity index (χ0) is 12.5. The molecule has 0 saturated carbocycles. The zero-order valence-corrected chi connectivity index (χ0v) is 10.1. The van der Waals surface area contributed by atoms with Gasteiger partial charge in [-0.05, 0) is 6.92 Å². The Balaban J connectivity index is 2.09. The van der Waals surface area contributed by atoms with E-state index in [9.17, 15) is 0 Å². The molecule has 0 aliphatic heterocycles. The van der Waals surface area contributed by atoms with Crippen molar-refractivity contribution in [3.8, 4) is 0 Å². The van der Waals surface area contributed by atoms with Gasteiger partial charge in [0, 0.05) is 36.9 Å². The van der Waals surface area contributed by atoms with E-state index in [0.717, 1.165) is 23.4 Å². The minimum absolute atomic E-state index is 0.290. The number of fused-ring (bicyclic) bond motifs is 1. The maximum absolute atomic E-state index is 6.28. The van der Waals surface area contributed by atoms with Gasteiger partial charge in [-0.15, -0.1) is 0 Å². The van der Waals surface area contributed by atoms with Gasteiger partial charge in [0.1, 0.15) is 5.82 Å². The van der Waals surface area contributed by atoms with Crippen molar-refractivity contribution in [2.24, 2.45) is 5.73 Å². The van der Waals surface area contributed by atoms with Crippen LogP contribution >= 0.6 is 0 Å². The van der Waals surface area contributed by atoms with Gasteiger partial charge in [-0.2, -0.15) is 5.10 Å². The Morgan fingerprint density at radius 1 is 1.28 bits per heavy atom. The van der Waals surface area contributed by atoms with Crippen LogP contribution in [0, 0.1) is 0 Å². The Morgan fingerprint density at radius 3 is 3.00 bits per heavy atom. The molecule has 2 N–H and O–H groups in total. The van der Waals surface area contributed by atoms with Gasteiger partial charge in [-0.25, -0.2) is 9.50 Å². The molecule has 0 spiro atoms. The summed E-state index contributed by atoms with van der Waals surface area (Å²) in [7, 11) is 0. The minimum atomic E-state index is -0.290. The largest absolute Gasteiger partial charge is 0.334 e. The molecule has 92 valence electrons. The summed E-state index contributed by atoms with van der Waals surface area (Å²) < 4.78 is 3.80. The van der Waals surface area contributed by atoms with Crippen molar-refractivity contribution in [1.29, 1.82) is 0 Å². The quantitative estimate of drug-likeness (QED) is 0.743. The Labute approximate surface area is 104 Å². The van der Waals surface area contributed by atoms with E-state index in [0.29, 0.717) is 0 Å². The highest BCUT2D eigenvalue weighted by Gasteiger charge is 2.18. The SMILES string of the molecule is CCn1ccnc1C(N)c1cnn2ccncc12. The first kappa shape index (κ1) is 10.9. The number of nitrogens with two attached hydrogens (primary N) is 1. The van der Waals surface area contributed by atoms with Gasteiger partial charge in [0.25, 0.3) is 0 Å². The van der Waals surface area contributed by atoms with E-state index >= 15 is 0 Å². The van der Waals surface area contributed by atoms with E-state index < -0.39 is 0 Å². The first-order valence-corrected chi connectivity index (χ1v) is 5.85. The van der Waals surface area contributed by atoms with Crippen LogP contribution in [-0.4, -0.2) is 24.1 Å². The second-order valence-corrected chi connectivity index (χ2v) is 4.06. The molecule has 18 heavy (non-hydrogen) atoms. The highest BCUT2D eigenvalue weighted by molar-refractivity contribution is 5.54. The van der Waals surface area contributed by atoms with Crippen LogP contribution in [0.25, 0.3) is 5.52 Å². The number of imidazole rings is 1. The summed E-state index contributed by atoms with van der Waals surface area (Å²) >= 11 is 0. The molecule has 0 saturated heterocycles. The lowest BCUT2D eigenvalue weighted by molar-refractivity contribution is 0.658. The van der Waals surface area contributed by atoms with E-state index in [-0.39, 0.29) is 6.04 Å². The highest BCUT2D eigenvalue weighted by atomic mass is 15.2. The fourth-order valence-electron chi connectivity index (χ4n) is 2.10. The molecule has 0 aromatic carbocycles. The van der Waals surface area contributed by atoms with Crippen LogP contribution in [0.2, 0.25) is 0 Å². The molecule has 3 heterocycles. The van der Waals surface area contributed by atoms with Gasteiger partial charge in [-0.3, -0.25) is 4.98 Å². The summed E-state index contributed by atoms with van der Waals surface area (Å²) in [6.07, 6.45) is 10.7. The van der Waals surface area contributed by atoms with Crippen LogP contribution in [0.4, 0.5) is 0 Å². The van der Waals surface area contributed by atoms with Crippen LogP contribution in [0.15, 0.2) is 37.2 Å². The topological polar surface area (TPSA) is 74.0 Å². The van der Waals surface area contributed by atoms with Crippen LogP contribution in [0.1, 0.15) is 24.4 Å². The lowest BCUT2D eigenvalue weighted by atomic mass is 10.1. The van der Waals surface area contributed by atoms with E-state index in [4.69, 9.17) is 5.73 Å². The lowest BCUT2D eigenvalue weighted by Gasteiger charge is -2.11. The molecule has 1 unspecified atom stereocenters. The Bertz CT molecular complexity index is 668. The molecule has 3 aromatic rings. The molecule has 0 amide bonds. The Morgan fingerprint density at radius 2 is 2.17 bits per heavy atom. The van der Waals surface area contributed by atoms with Crippen LogP contribution in [0.3, 0.4) is 0 Å². The van der Waals surface area contributed by atoms with Gasteiger partial charge in [0.05, 0.1) is 24.0 Å². The Kier molecular flexibility index (Phi) is 2.56. The summed E-state index contributed by atoms with van der Waals surface area (Å²) in [5.74, 6) is 0.844. The normalized spacial score (nSPS) is 13.0. The minimum Gasteiger partial charge on any atom is -0.334 e. The van der Waals surface area contributed by atoms with E-state index in [1.165, 1.54) is 0 Å². The maximum atomic E-state index is 6.28. The van der Waals surface area contributed by atoms with Gasteiger partial charge < -0.3 is 10.3 Å². The highest BCUT2D eigenvalue weighted by Crippen LogP contribution is 2.21. The van der Waals surface area contributed by atoms with Gasteiger partial charge >= 0.3 is 0 Å². The summed E-state index contributed by atoms with van der Waals surface area (Å²) in [6, 6.07) is -0.290. The van der Waals surface area contributed by atoms with Crippen molar-refractivity contribution in [1.82, 2.24) is 24.1 Å². The van der Waals surface area contributed by atoms with Crippen molar-refractivity contribution in [3.05, 3.63) is 48.6 Å². The average Bonchev–Trinajstić information content (AvgIpc) is 3.04. The third-order valence-electron chi connectivity index (χ3n) is 3.06. The average molecular weight is 242 g/mol. The molecule has 0 aliphatic rings. The second kappa shape index (κ2) is 4.23. The molecule has 1 atom stereocenters. The third kappa shape index (κ3) is 1.58. The summed E-state index contributed by atoms with van der Waals surface area (Å²) in [5, 5.41) is 4.26. The number of aromatic nitrogens is 5. The number of nitrogens with zero attached hydrogens (tertiary/aromatic N) is 5. The Hall–Kier alpha value is -2.21. The number of aryl methyl sites for hydroxylation is 1. The molecule has 6 nitrogen and oxygen atoms in total.